The van der Waals surface area contributed by atoms with Crippen molar-refractivity contribution < 1.29 is 27.1 Å². The SMILES string of the molecule is CCCCC1(CC)CN(c2ccccc2)c2cc(SCC)c(O/C=C(\F)C(=O)OC)cc2S(=O)(=O)C1. The van der Waals surface area contributed by atoms with Crippen LogP contribution in [0.2, 0.25) is 0 Å². The van der Waals surface area contributed by atoms with Gasteiger partial charge in [-0.1, -0.05) is 51.8 Å². The number of para-hydroxylation sites is 1. The maximum Gasteiger partial charge on any atom is 0.370 e. The molecule has 0 radical (unpaired) electrons. The summed E-state index contributed by atoms with van der Waals surface area (Å²) in [5.74, 6) is -1.50. The van der Waals surface area contributed by atoms with E-state index in [-0.39, 0.29) is 16.4 Å². The lowest BCUT2D eigenvalue weighted by Crippen LogP contribution is -2.37. The molecule has 0 spiro atoms. The first-order valence-electron chi connectivity index (χ1n) is 12.2. The van der Waals surface area contributed by atoms with E-state index in [1.165, 1.54) is 17.8 Å². The summed E-state index contributed by atoms with van der Waals surface area (Å²) in [6.07, 6.45) is 4.09. The number of hydrogen-bond acceptors (Lipinski definition) is 7. The van der Waals surface area contributed by atoms with Crippen molar-refractivity contribution in [3.8, 4) is 5.75 Å². The number of unbranched alkanes of at least 4 members (excludes halogenated alkanes) is 1. The van der Waals surface area contributed by atoms with E-state index in [9.17, 15) is 17.6 Å². The molecule has 1 aliphatic heterocycles. The summed E-state index contributed by atoms with van der Waals surface area (Å²) in [4.78, 5) is 14.3. The molecule has 0 aliphatic carbocycles. The van der Waals surface area contributed by atoms with Gasteiger partial charge in [0.1, 0.15) is 12.0 Å². The van der Waals surface area contributed by atoms with E-state index in [0.29, 0.717) is 29.1 Å². The molecule has 0 N–H and O–H groups in total. The number of anilines is 2. The Morgan fingerprint density at radius 1 is 1.19 bits per heavy atom. The molecule has 1 aliphatic rings. The van der Waals surface area contributed by atoms with Crippen LogP contribution < -0.4 is 9.64 Å². The molecule has 1 atom stereocenters. The predicted molar refractivity (Wildman–Crippen MR) is 142 cm³/mol. The molecule has 0 fully saturated rings. The predicted octanol–water partition coefficient (Wildman–Crippen LogP) is 6.67. The van der Waals surface area contributed by atoms with Gasteiger partial charge < -0.3 is 14.4 Å². The lowest BCUT2D eigenvalue weighted by Gasteiger charge is -2.36. The van der Waals surface area contributed by atoms with Crippen molar-refractivity contribution in [2.45, 2.75) is 56.2 Å². The van der Waals surface area contributed by atoms with E-state index >= 15 is 0 Å². The van der Waals surface area contributed by atoms with E-state index in [1.807, 2.05) is 37.3 Å². The van der Waals surface area contributed by atoms with E-state index in [0.717, 1.165) is 38.5 Å². The molecular formula is C27H34FNO5S2. The number of halogens is 1. The van der Waals surface area contributed by atoms with Gasteiger partial charge in [0.15, 0.2) is 9.84 Å². The third-order valence-corrected chi connectivity index (χ3v) is 9.40. The molecule has 3 rings (SSSR count). The smallest absolute Gasteiger partial charge is 0.370 e. The molecule has 0 bridgehead atoms. The van der Waals surface area contributed by atoms with Gasteiger partial charge in [0.2, 0.25) is 5.83 Å². The van der Waals surface area contributed by atoms with Crippen LogP contribution in [-0.4, -0.2) is 39.5 Å². The average Bonchev–Trinajstić information content (AvgIpc) is 2.98. The van der Waals surface area contributed by atoms with Gasteiger partial charge in [-0.05, 0) is 36.8 Å². The van der Waals surface area contributed by atoms with Gasteiger partial charge >= 0.3 is 5.97 Å². The third kappa shape index (κ3) is 6.24. The zero-order valence-electron chi connectivity index (χ0n) is 21.3. The van der Waals surface area contributed by atoms with Crippen molar-refractivity contribution in [2.75, 3.05) is 30.1 Å². The Balaban J connectivity index is 2.23. The fraction of sp³-hybridized carbons (Fsp3) is 0.444. The Labute approximate surface area is 217 Å². The minimum atomic E-state index is -3.72. The largest absolute Gasteiger partial charge is 0.464 e. The van der Waals surface area contributed by atoms with E-state index in [2.05, 4.69) is 23.5 Å². The fourth-order valence-corrected chi connectivity index (χ4v) is 7.42. The van der Waals surface area contributed by atoms with Crippen molar-refractivity contribution >= 4 is 38.9 Å². The van der Waals surface area contributed by atoms with E-state index < -0.39 is 27.0 Å². The molecule has 2 aromatic carbocycles. The highest BCUT2D eigenvalue weighted by atomic mass is 32.2. The maximum atomic E-state index is 14.0. The Morgan fingerprint density at radius 3 is 2.53 bits per heavy atom. The van der Waals surface area contributed by atoms with Gasteiger partial charge in [-0.25, -0.2) is 13.2 Å². The van der Waals surface area contributed by atoms with Crippen LogP contribution in [0, 0.1) is 5.41 Å². The van der Waals surface area contributed by atoms with Gasteiger partial charge in [-0.15, -0.1) is 11.8 Å². The van der Waals surface area contributed by atoms with Crippen LogP contribution in [0.15, 0.2) is 64.3 Å². The molecule has 2 aromatic rings. The summed E-state index contributed by atoms with van der Waals surface area (Å²) >= 11 is 1.45. The monoisotopic (exact) mass is 535 g/mol. The quantitative estimate of drug-likeness (QED) is 0.146. The third-order valence-electron chi connectivity index (χ3n) is 6.49. The Kier molecular flexibility index (Phi) is 9.47. The zero-order chi connectivity index (χ0) is 26.3. The molecule has 0 saturated carbocycles. The molecule has 0 amide bonds. The summed E-state index contributed by atoms with van der Waals surface area (Å²) in [6, 6.07) is 13.0. The van der Waals surface area contributed by atoms with Gasteiger partial charge in [0.25, 0.3) is 0 Å². The van der Waals surface area contributed by atoms with Gasteiger partial charge in [0, 0.05) is 23.7 Å². The number of benzene rings is 2. The molecule has 0 aromatic heterocycles. The van der Waals surface area contributed by atoms with Crippen LogP contribution in [-0.2, 0) is 19.4 Å². The first kappa shape index (κ1) is 28.1. The van der Waals surface area contributed by atoms with Crippen LogP contribution in [0.25, 0.3) is 0 Å². The molecule has 1 unspecified atom stereocenters. The number of ether oxygens (including phenoxy) is 2. The molecule has 1 heterocycles. The number of esters is 1. The number of thioether (sulfide) groups is 1. The number of hydrogen-bond donors (Lipinski definition) is 0. The average molecular weight is 536 g/mol. The minimum Gasteiger partial charge on any atom is -0.464 e. The van der Waals surface area contributed by atoms with Crippen LogP contribution in [0.4, 0.5) is 15.8 Å². The lowest BCUT2D eigenvalue weighted by atomic mass is 9.81. The van der Waals surface area contributed by atoms with Crippen molar-refractivity contribution in [1.82, 2.24) is 0 Å². The molecule has 196 valence electrons. The van der Waals surface area contributed by atoms with E-state index in [1.54, 1.807) is 6.07 Å². The van der Waals surface area contributed by atoms with Gasteiger partial charge in [0.05, 0.1) is 28.3 Å². The molecule has 0 saturated heterocycles. The first-order chi connectivity index (χ1) is 17.2. The van der Waals surface area contributed by atoms with Crippen molar-refractivity contribution in [2.24, 2.45) is 5.41 Å². The molecule has 36 heavy (non-hydrogen) atoms. The Hall–Kier alpha value is -2.52. The number of sulfone groups is 1. The lowest BCUT2D eigenvalue weighted by molar-refractivity contribution is -0.137. The zero-order valence-corrected chi connectivity index (χ0v) is 22.9. The van der Waals surface area contributed by atoms with Crippen molar-refractivity contribution in [1.29, 1.82) is 0 Å². The highest BCUT2D eigenvalue weighted by molar-refractivity contribution is 7.99. The second-order valence-corrected chi connectivity index (χ2v) is 12.2. The van der Waals surface area contributed by atoms with Gasteiger partial charge in [-0.2, -0.15) is 4.39 Å². The summed E-state index contributed by atoms with van der Waals surface area (Å²) in [7, 11) is -2.65. The number of rotatable bonds is 10. The topological polar surface area (TPSA) is 72.9 Å². The maximum absolute atomic E-state index is 14.0. The van der Waals surface area contributed by atoms with Gasteiger partial charge in [-0.3, -0.25) is 0 Å². The van der Waals surface area contributed by atoms with Crippen molar-refractivity contribution in [3.05, 3.63) is 54.6 Å². The number of carbonyl (C=O) groups is 1. The summed E-state index contributed by atoms with van der Waals surface area (Å²) in [6.45, 7) is 6.69. The van der Waals surface area contributed by atoms with E-state index in [4.69, 9.17) is 4.74 Å². The number of fused-ring (bicyclic) bond motifs is 1. The number of methoxy groups -OCH3 is 1. The van der Waals surface area contributed by atoms with Crippen LogP contribution in [0.3, 0.4) is 0 Å². The summed E-state index contributed by atoms with van der Waals surface area (Å²) < 4.78 is 51.7. The summed E-state index contributed by atoms with van der Waals surface area (Å²) in [5.41, 5.74) is 1.05. The number of carbonyl (C=O) groups excluding carboxylic acids is 1. The standard InChI is InChI=1S/C27H34FNO5S2/c1-5-8-14-27(6-2)18-29(20-12-10-9-11-13-20)22-15-24(35-7-3)23(16-25(22)36(31,32)19-27)34-17-21(28)26(30)33-4/h9-13,15-17H,5-8,14,18-19H2,1-4H3/b21-17-. The van der Waals surface area contributed by atoms with Crippen molar-refractivity contribution in [3.63, 3.8) is 0 Å². The number of nitrogens with zero attached hydrogens (tertiary/aromatic N) is 1. The summed E-state index contributed by atoms with van der Waals surface area (Å²) in [5, 5.41) is 0. The fourth-order valence-electron chi connectivity index (χ4n) is 4.49. The second-order valence-electron chi connectivity index (χ2n) is 8.91. The van der Waals surface area contributed by atoms with Crippen LogP contribution >= 0.6 is 11.8 Å². The highest BCUT2D eigenvalue weighted by Gasteiger charge is 2.42. The second kappa shape index (κ2) is 12.1. The molecule has 9 heteroatoms. The Morgan fingerprint density at radius 2 is 1.92 bits per heavy atom. The molecule has 6 nitrogen and oxygen atoms in total. The normalized spacial score (nSPS) is 19.4. The highest BCUT2D eigenvalue weighted by Crippen LogP contribution is 2.47. The minimum absolute atomic E-state index is 0.0128. The van der Waals surface area contributed by atoms with Crippen LogP contribution in [0.1, 0.15) is 46.5 Å². The first-order valence-corrected chi connectivity index (χ1v) is 14.8. The molecular weight excluding hydrogens is 501 g/mol. The van der Waals surface area contributed by atoms with Crippen LogP contribution in [0.5, 0.6) is 5.75 Å². The Bertz CT molecular complexity index is 1200.